The van der Waals surface area contributed by atoms with Gasteiger partial charge in [-0.1, -0.05) is 0 Å². The van der Waals surface area contributed by atoms with Gasteiger partial charge in [0.15, 0.2) is 0 Å². The van der Waals surface area contributed by atoms with Gasteiger partial charge in [-0.2, -0.15) is 0 Å². The minimum atomic E-state index is 0.0209. The zero-order valence-electron chi connectivity index (χ0n) is 10.9. The maximum absolute atomic E-state index is 11.8. The number of carbonyl (C=O) groups is 1. The molecular weight excluding hydrogens is 310 g/mol. The third kappa shape index (κ3) is 4.21. The standard InChI is InChI=1S/C14H18BrNO3/c1-18-13-6-4-10(9-12(13)15)16-14(17)7-5-11-3-2-8-19-11/h4,6,9,11H,2-3,5,7-8H2,1H3,(H,16,17). The third-order valence-corrected chi connectivity index (χ3v) is 3.77. The highest BCUT2D eigenvalue weighted by atomic mass is 79.9. The molecule has 1 atom stereocenters. The highest BCUT2D eigenvalue weighted by Gasteiger charge is 2.16. The molecule has 1 unspecified atom stereocenters. The molecule has 0 aliphatic carbocycles. The fourth-order valence-electron chi connectivity index (χ4n) is 2.13. The summed E-state index contributed by atoms with van der Waals surface area (Å²) in [5.74, 6) is 0.768. The van der Waals surface area contributed by atoms with Gasteiger partial charge in [-0.15, -0.1) is 0 Å². The minimum absolute atomic E-state index is 0.0209. The average Bonchev–Trinajstić information content (AvgIpc) is 2.90. The van der Waals surface area contributed by atoms with Crippen LogP contribution in [0.1, 0.15) is 25.7 Å². The Bertz CT molecular complexity index is 444. The maximum Gasteiger partial charge on any atom is 0.224 e. The van der Waals surface area contributed by atoms with Crippen LogP contribution in [0.15, 0.2) is 22.7 Å². The van der Waals surface area contributed by atoms with Crippen LogP contribution in [0, 0.1) is 0 Å². The SMILES string of the molecule is COc1ccc(NC(=O)CCC2CCCO2)cc1Br. The van der Waals surface area contributed by atoms with E-state index in [4.69, 9.17) is 9.47 Å². The number of benzene rings is 1. The summed E-state index contributed by atoms with van der Waals surface area (Å²) in [5.41, 5.74) is 0.769. The van der Waals surface area contributed by atoms with Crippen molar-refractivity contribution in [3.63, 3.8) is 0 Å². The Labute approximate surface area is 121 Å². The van der Waals surface area contributed by atoms with Crippen molar-refractivity contribution in [2.45, 2.75) is 31.8 Å². The van der Waals surface area contributed by atoms with Crippen LogP contribution in [0.5, 0.6) is 5.75 Å². The molecule has 0 bridgehead atoms. The van der Waals surface area contributed by atoms with Crippen molar-refractivity contribution in [2.24, 2.45) is 0 Å². The van der Waals surface area contributed by atoms with Gasteiger partial charge in [0, 0.05) is 18.7 Å². The van der Waals surface area contributed by atoms with E-state index >= 15 is 0 Å². The lowest BCUT2D eigenvalue weighted by molar-refractivity contribution is -0.116. The van der Waals surface area contributed by atoms with E-state index in [9.17, 15) is 4.79 Å². The van der Waals surface area contributed by atoms with E-state index in [2.05, 4.69) is 21.2 Å². The third-order valence-electron chi connectivity index (χ3n) is 3.15. The molecule has 0 spiro atoms. The Morgan fingerprint density at radius 1 is 1.58 bits per heavy atom. The van der Waals surface area contributed by atoms with Crippen LogP contribution in [-0.4, -0.2) is 25.7 Å². The molecule has 1 aliphatic rings. The molecule has 0 aromatic heterocycles. The molecule has 1 aromatic rings. The summed E-state index contributed by atoms with van der Waals surface area (Å²) < 4.78 is 11.5. The monoisotopic (exact) mass is 327 g/mol. The number of carbonyl (C=O) groups excluding carboxylic acids is 1. The summed E-state index contributed by atoms with van der Waals surface area (Å²) in [5, 5.41) is 2.88. The van der Waals surface area contributed by atoms with Crippen LogP contribution in [0.4, 0.5) is 5.69 Å². The molecular formula is C14H18BrNO3. The first-order valence-electron chi connectivity index (χ1n) is 6.44. The van der Waals surface area contributed by atoms with Crippen LogP contribution in [0.2, 0.25) is 0 Å². The summed E-state index contributed by atoms with van der Waals surface area (Å²) in [6.07, 6.45) is 3.73. The molecule has 1 aromatic carbocycles. The molecule has 1 fully saturated rings. The normalized spacial score (nSPS) is 18.3. The predicted molar refractivity (Wildman–Crippen MR) is 77.5 cm³/mol. The van der Waals surface area contributed by atoms with Crippen molar-refractivity contribution >= 4 is 27.5 Å². The maximum atomic E-state index is 11.8. The summed E-state index contributed by atoms with van der Waals surface area (Å²) in [7, 11) is 1.61. The first-order chi connectivity index (χ1) is 9.19. The molecule has 1 N–H and O–H groups in total. The summed E-state index contributed by atoms with van der Waals surface area (Å²) in [4.78, 5) is 11.8. The van der Waals surface area contributed by atoms with Crippen LogP contribution >= 0.6 is 15.9 Å². The van der Waals surface area contributed by atoms with Crippen molar-refractivity contribution in [1.29, 1.82) is 0 Å². The number of methoxy groups -OCH3 is 1. The fourth-order valence-corrected chi connectivity index (χ4v) is 2.67. The summed E-state index contributed by atoms with van der Waals surface area (Å²) in [6, 6.07) is 5.48. The lowest BCUT2D eigenvalue weighted by Gasteiger charge is -2.10. The Morgan fingerprint density at radius 2 is 2.42 bits per heavy atom. The van der Waals surface area contributed by atoms with Gasteiger partial charge >= 0.3 is 0 Å². The van der Waals surface area contributed by atoms with E-state index in [1.165, 1.54) is 0 Å². The molecule has 1 saturated heterocycles. The Balaban J connectivity index is 1.82. The van der Waals surface area contributed by atoms with Gasteiger partial charge in [0.25, 0.3) is 0 Å². The van der Waals surface area contributed by atoms with Crippen LogP contribution in [0.25, 0.3) is 0 Å². The number of hydrogen-bond acceptors (Lipinski definition) is 3. The highest BCUT2D eigenvalue weighted by molar-refractivity contribution is 9.10. The zero-order valence-corrected chi connectivity index (χ0v) is 12.5. The van der Waals surface area contributed by atoms with Gasteiger partial charge in [-0.25, -0.2) is 0 Å². The Hall–Kier alpha value is -1.07. The second kappa shape index (κ2) is 6.91. The summed E-state index contributed by atoms with van der Waals surface area (Å²) >= 11 is 3.39. The molecule has 0 saturated carbocycles. The molecule has 19 heavy (non-hydrogen) atoms. The number of halogens is 1. The van der Waals surface area contributed by atoms with Crippen molar-refractivity contribution in [3.8, 4) is 5.75 Å². The minimum Gasteiger partial charge on any atom is -0.496 e. The summed E-state index contributed by atoms with van der Waals surface area (Å²) in [6.45, 7) is 0.831. The van der Waals surface area contributed by atoms with Crippen LogP contribution < -0.4 is 10.1 Å². The van der Waals surface area contributed by atoms with Gasteiger partial charge in [0.2, 0.25) is 5.91 Å². The first kappa shape index (κ1) is 14.3. The van der Waals surface area contributed by atoms with Gasteiger partial charge in [-0.05, 0) is 53.4 Å². The topological polar surface area (TPSA) is 47.6 Å². The van der Waals surface area contributed by atoms with E-state index in [1.807, 2.05) is 18.2 Å². The lowest BCUT2D eigenvalue weighted by atomic mass is 10.1. The van der Waals surface area contributed by atoms with E-state index in [-0.39, 0.29) is 12.0 Å². The van der Waals surface area contributed by atoms with E-state index in [1.54, 1.807) is 7.11 Å². The quantitative estimate of drug-likeness (QED) is 0.902. The van der Waals surface area contributed by atoms with E-state index in [0.29, 0.717) is 6.42 Å². The predicted octanol–water partition coefficient (Wildman–Crippen LogP) is 3.36. The second-order valence-corrected chi connectivity index (χ2v) is 5.43. The second-order valence-electron chi connectivity index (χ2n) is 4.57. The molecule has 4 nitrogen and oxygen atoms in total. The number of rotatable bonds is 5. The molecule has 1 aliphatic heterocycles. The number of ether oxygens (including phenoxy) is 2. The number of amides is 1. The smallest absolute Gasteiger partial charge is 0.224 e. The van der Waals surface area contributed by atoms with Gasteiger partial charge in [0.05, 0.1) is 17.7 Å². The number of hydrogen-bond donors (Lipinski definition) is 1. The Morgan fingerprint density at radius 3 is 3.05 bits per heavy atom. The van der Waals surface area contributed by atoms with Crippen LogP contribution in [-0.2, 0) is 9.53 Å². The van der Waals surface area contributed by atoms with E-state index in [0.717, 1.165) is 41.8 Å². The van der Waals surface area contributed by atoms with E-state index < -0.39 is 0 Å². The first-order valence-corrected chi connectivity index (χ1v) is 7.23. The molecule has 1 amide bonds. The van der Waals surface area contributed by atoms with Crippen molar-refractivity contribution in [1.82, 2.24) is 0 Å². The Kier molecular flexibility index (Phi) is 5.22. The largest absolute Gasteiger partial charge is 0.496 e. The number of anilines is 1. The van der Waals surface area contributed by atoms with Crippen molar-refractivity contribution in [3.05, 3.63) is 22.7 Å². The van der Waals surface area contributed by atoms with Gasteiger partial charge in [0.1, 0.15) is 5.75 Å². The lowest BCUT2D eigenvalue weighted by Crippen LogP contribution is -2.15. The highest BCUT2D eigenvalue weighted by Crippen LogP contribution is 2.27. The number of nitrogens with one attached hydrogen (secondary N) is 1. The average molecular weight is 328 g/mol. The van der Waals surface area contributed by atoms with Crippen molar-refractivity contribution in [2.75, 3.05) is 19.0 Å². The van der Waals surface area contributed by atoms with Crippen molar-refractivity contribution < 1.29 is 14.3 Å². The van der Waals surface area contributed by atoms with Crippen LogP contribution in [0.3, 0.4) is 0 Å². The zero-order chi connectivity index (χ0) is 13.7. The van der Waals surface area contributed by atoms with Gasteiger partial charge < -0.3 is 14.8 Å². The molecule has 104 valence electrons. The molecule has 0 radical (unpaired) electrons. The molecule has 2 rings (SSSR count). The molecule has 1 heterocycles. The molecule has 5 heteroatoms. The fraction of sp³-hybridized carbons (Fsp3) is 0.500. The van der Waals surface area contributed by atoms with Gasteiger partial charge in [-0.3, -0.25) is 4.79 Å².